The molecule has 0 saturated carbocycles. The fourth-order valence-corrected chi connectivity index (χ4v) is 10.2. The number of hydrogen-bond donors (Lipinski definition) is 0. The van der Waals surface area contributed by atoms with Gasteiger partial charge in [0.1, 0.15) is 13.2 Å². The van der Waals surface area contributed by atoms with Gasteiger partial charge in [-0.3, -0.25) is 14.4 Å². The van der Waals surface area contributed by atoms with Gasteiger partial charge < -0.3 is 14.2 Å². The van der Waals surface area contributed by atoms with E-state index >= 15 is 0 Å². The van der Waals surface area contributed by atoms with Gasteiger partial charge in [-0.1, -0.05) is 325 Å². The Kier molecular flexibility index (Phi) is 65.7. The van der Waals surface area contributed by atoms with Gasteiger partial charge >= 0.3 is 17.9 Å². The van der Waals surface area contributed by atoms with Crippen LogP contribution in [0, 0.1) is 0 Å². The Hall–Kier alpha value is -3.15. The van der Waals surface area contributed by atoms with Gasteiger partial charge in [-0.15, -0.1) is 0 Å². The summed E-state index contributed by atoms with van der Waals surface area (Å²) in [5.41, 5.74) is 0. The van der Waals surface area contributed by atoms with Gasteiger partial charge in [0.2, 0.25) is 0 Å². The van der Waals surface area contributed by atoms with E-state index in [4.69, 9.17) is 14.2 Å². The van der Waals surface area contributed by atoms with Crippen LogP contribution < -0.4 is 0 Å². The quantitative estimate of drug-likeness (QED) is 0.0261. The van der Waals surface area contributed by atoms with Crippen molar-refractivity contribution in [1.29, 1.82) is 0 Å². The standard InChI is InChI=1S/C74H132O6/c1-4-7-10-13-16-19-22-25-28-31-34-35-36-37-38-39-41-43-46-49-52-55-58-61-64-67-73(76)79-70-71(69-78-72(75)66-63-60-57-54-51-48-45-42-33-30-27-24-21-18-15-12-9-6-3)80-74(77)68-65-62-59-56-53-50-47-44-40-32-29-26-23-20-17-14-11-8-5-2/h7,10,16,19,25,28,30,33-35,37-38,71H,4-6,8-9,11-15,17-18,20-24,26-27,29,31-32,36,39-70H2,1-3H3/b10-7-,19-16-,28-25-,33-30-,35-34-,38-37-. The van der Waals surface area contributed by atoms with E-state index in [9.17, 15) is 14.4 Å². The molecule has 0 spiro atoms. The molecule has 1 atom stereocenters. The van der Waals surface area contributed by atoms with E-state index in [-0.39, 0.29) is 31.1 Å². The van der Waals surface area contributed by atoms with Gasteiger partial charge in [0.25, 0.3) is 0 Å². The molecule has 0 aromatic rings. The van der Waals surface area contributed by atoms with Crippen molar-refractivity contribution in [2.45, 2.75) is 367 Å². The molecule has 0 fully saturated rings. The molecule has 0 heterocycles. The number of ether oxygens (including phenoxy) is 3. The van der Waals surface area contributed by atoms with E-state index in [1.165, 1.54) is 225 Å². The predicted molar refractivity (Wildman–Crippen MR) is 348 cm³/mol. The van der Waals surface area contributed by atoms with Gasteiger partial charge in [0, 0.05) is 19.3 Å². The van der Waals surface area contributed by atoms with Crippen LogP contribution in [0.3, 0.4) is 0 Å². The lowest BCUT2D eigenvalue weighted by molar-refractivity contribution is -0.167. The van der Waals surface area contributed by atoms with E-state index in [0.29, 0.717) is 19.3 Å². The molecule has 0 aliphatic carbocycles. The van der Waals surface area contributed by atoms with Gasteiger partial charge in [-0.25, -0.2) is 0 Å². The van der Waals surface area contributed by atoms with Gasteiger partial charge in [0.05, 0.1) is 0 Å². The van der Waals surface area contributed by atoms with Crippen LogP contribution in [0.5, 0.6) is 0 Å². The second-order valence-electron chi connectivity index (χ2n) is 23.4. The summed E-state index contributed by atoms with van der Waals surface area (Å²) >= 11 is 0. The number of rotatable bonds is 64. The summed E-state index contributed by atoms with van der Waals surface area (Å²) in [6.07, 6.45) is 89.1. The Labute approximate surface area is 497 Å². The minimum Gasteiger partial charge on any atom is -0.462 e. The minimum absolute atomic E-state index is 0.0755. The normalized spacial score (nSPS) is 12.5. The average Bonchev–Trinajstić information content (AvgIpc) is 3.46. The molecule has 0 rings (SSSR count). The topological polar surface area (TPSA) is 78.9 Å². The second kappa shape index (κ2) is 68.3. The molecule has 0 N–H and O–H groups in total. The van der Waals surface area contributed by atoms with Crippen molar-refractivity contribution in [3.05, 3.63) is 72.9 Å². The summed E-state index contributed by atoms with van der Waals surface area (Å²) in [6, 6.07) is 0. The molecule has 0 aliphatic heterocycles. The zero-order valence-electron chi connectivity index (χ0n) is 53.3. The first-order valence-electron chi connectivity index (χ1n) is 34.9. The second-order valence-corrected chi connectivity index (χ2v) is 23.4. The van der Waals surface area contributed by atoms with E-state index < -0.39 is 6.10 Å². The first-order chi connectivity index (χ1) is 39.5. The third-order valence-corrected chi connectivity index (χ3v) is 15.4. The van der Waals surface area contributed by atoms with Crippen molar-refractivity contribution in [3.8, 4) is 0 Å². The highest BCUT2D eigenvalue weighted by Gasteiger charge is 2.19. The highest BCUT2D eigenvalue weighted by molar-refractivity contribution is 5.71. The van der Waals surface area contributed by atoms with Crippen molar-refractivity contribution in [2.24, 2.45) is 0 Å². The predicted octanol–water partition coefficient (Wildman–Crippen LogP) is 24.1. The summed E-state index contributed by atoms with van der Waals surface area (Å²) in [6.45, 7) is 6.58. The minimum atomic E-state index is -0.780. The Bertz CT molecular complexity index is 1470. The van der Waals surface area contributed by atoms with Crippen molar-refractivity contribution < 1.29 is 28.6 Å². The smallest absolute Gasteiger partial charge is 0.306 e. The summed E-state index contributed by atoms with van der Waals surface area (Å²) in [5.74, 6) is -0.862. The van der Waals surface area contributed by atoms with Crippen LogP contribution in [0.4, 0.5) is 0 Å². The molecule has 0 bridgehead atoms. The van der Waals surface area contributed by atoms with Crippen LogP contribution in [-0.4, -0.2) is 37.2 Å². The first kappa shape index (κ1) is 76.9. The molecule has 0 saturated heterocycles. The van der Waals surface area contributed by atoms with Crippen molar-refractivity contribution in [3.63, 3.8) is 0 Å². The zero-order chi connectivity index (χ0) is 57.8. The molecule has 0 aliphatic rings. The highest BCUT2D eigenvalue weighted by Crippen LogP contribution is 2.18. The first-order valence-corrected chi connectivity index (χ1v) is 34.9. The zero-order valence-corrected chi connectivity index (χ0v) is 53.3. The average molecular weight is 1120 g/mol. The lowest BCUT2D eigenvalue weighted by Crippen LogP contribution is -2.30. The van der Waals surface area contributed by atoms with E-state index in [2.05, 4.69) is 93.7 Å². The molecule has 0 aromatic carbocycles. The largest absolute Gasteiger partial charge is 0.462 e. The van der Waals surface area contributed by atoms with Crippen LogP contribution in [0.25, 0.3) is 0 Å². The van der Waals surface area contributed by atoms with Gasteiger partial charge in [0.15, 0.2) is 6.10 Å². The van der Waals surface area contributed by atoms with E-state index in [1.54, 1.807) is 0 Å². The van der Waals surface area contributed by atoms with Gasteiger partial charge in [-0.05, 0) is 89.9 Å². The molecular formula is C74H132O6. The number of carbonyl (C=O) groups is 3. The summed E-state index contributed by atoms with van der Waals surface area (Å²) in [5, 5.41) is 0. The van der Waals surface area contributed by atoms with Crippen molar-refractivity contribution in [1.82, 2.24) is 0 Å². The molecular weight excluding hydrogens is 985 g/mol. The number of esters is 3. The summed E-state index contributed by atoms with van der Waals surface area (Å²) < 4.78 is 17.0. The molecule has 1 unspecified atom stereocenters. The number of allylic oxidation sites excluding steroid dienone is 12. The molecule has 0 aromatic heterocycles. The SMILES string of the molecule is CC/C=C\C/C=C\C/C=C\C/C=C\C/C=C\CCCCCCCCCCCC(=O)OCC(COC(=O)CCCCCCCCC/C=C\CCCCCCCCC)OC(=O)CCCCCCCCCCCCCCCCCCCCC. The molecule has 0 radical (unpaired) electrons. The lowest BCUT2D eigenvalue weighted by atomic mass is 10.0. The summed E-state index contributed by atoms with van der Waals surface area (Å²) in [7, 11) is 0. The Morgan fingerprint density at radius 1 is 0.263 bits per heavy atom. The fourth-order valence-electron chi connectivity index (χ4n) is 10.2. The van der Waals surface area contributed by atoms with E-state index in [0.717, 1.165) is 96.3 Å². The van der Waals surface area contributed by atoms with Crippen LogP contribution in [-0.2, 0) is 28.6 Å². The van der Waals surface area contributed by atoms with Gasteiger partial charge in [-0.2, -0.15) is 0 Å². The number of carbonyl (C=O) groups excluding carboxylic acids is 3. The van der Waals surface area contributed by atoms with Crippen molar-refractivity contribution >= 4 is 17.9 Å². The molecule has 80 heavy (non-hydrogen) atoms. The maximum atomic E-state index is 13.0. The Balaban J connectivity index is 4.35. The third-order valence-electron chi connectivity index (χ3n) is 15.4. The molecule has 6 heteroatoms. The van der Waals surface area contributed by atoms with E-state index in [1.807, 2.05) is 0 Å². The third kappa shape index (κ3) is 65.7. The molecule has 464 valence electrons. The van der Waals surface area contributed by atoms with Crippen LogP contribution in [0.2, 0.25) is 0 Å². The van der Waals surface area contributed by atoms with Crippen LogP contribution in [0.1, 0.15) is 361 Å². The van der Waals surface area contributed by atoms with Crippen LogP contribution >= 0.6 is 0 Å². The molecule has 0 amide bonds. The van der Waals surface area contributed by atoms with Crippen LogP contribution in [0.15, 0.2) is 72.9 Å². The molecule has 6 nitrogen and oxygen atoms in total. The van der Waals surface area contributed by atoms with Crippen molar-refractivity contribution in [2.75, 3.05) is 13.2 Å². The maximum absolute atomic E-state index is 13.0. The lowest BCUT2D eigenvalue weighted by Gasteiger charge is -2.18. The number of unbranched alkanes of at least 4 members (excludes halogenated alkanes) is 41. The summed E-state index contributed by atoms with van der Waals surface area (Å²) in [4.78, 5) is 38.5. The fraction of sp³-hybridized carbons (Fsp3) is 0.797. The monoisotopic (exact) mass is 1120 g/mol. The maximum Gasteiger partial charge on any atom is 0.306 e. The highest BCUT2D eigenvalue weighted by atomic mass is 16.6. The Morgan fingerprint density at radius 3 is 0.775 bits per heavy atom. The number of hydrogen-bond acceptors (Lipinski definition) is 6. The Morgan fingerprint density at radius 2 is 0.487 bits per heavy atom.